The molecule has 0 aliphatic heterocycles. The normalized spacial score (nSPS) is 14.5. The Morgan fingerprint density at radius 1 is 2.00 bits per heavy atom. The van der Waals surface area contributed by atoms with Crippen LogP contribution in [0.5, 0.6) is 0 Å². The number of aliphatic hydroxyl groups is 1. The molecule has 0 saturated heterocycles. The van der Waals surface area contributed by atoms with Crippen LogP contribution in [0, 0.1) is 7.05 Å². The van der Waals surface area contributed by atoms with Crippen molar-refractivity contribution in [3.8, 4) is 0 Å². The lowest BCUT2D eigenvalue weighted by molar-refractivity contribution is -0.632. The third kappa shape index (κ3) is 2.18. The van der Waals surface area contributed by atoms with E-state index in [0.717, 1.165) is 0 Å². The second-order valence-electron chi connectivity index (χ2n) is 1.40. The fourth-order valence-electron chi connectivity index (χ4n) is 0.0745. The number of hydrogen-bond acceptors (Lipinski definition) is 1. The van der Waals surface area contributed by atoms with Gasteiger partial charge in [0.2, 0.25) is 0 Å². The third-order valence-corrected chi connectivity index (χ3v) is 0.690. The Balaban J connectivity index is 2.75. The van der Waals surface area contributed by atoms with Crippen LogP contribution >= 0.6 is 0 Å². The first-order chi connectivity index (χ1) is 2.81. The van der Waals surface area contributed by atoms with Crippen LogP contribution in [-0.4, -0.2) is 17.8 Å². The van der Waals surface area contributed by atoms with Crippen LogP contribution in [0.1, 0.15) is 6.92 Å². The molecule has 0 aromatic carbocycles. The third-order valence-electron chi connectivity index (χ3n) is 0.690. The zero-order valence-electron chi connectivity index (χ0n) is 4.02. The molecule has 0 bridgehead atoms. The van der Waals surface area contributed by atoms with Crippen molar-refractivity contribution in [1.82, 2.24) is 0 Å². The minimum Gasteiger partial charge on any atom is -0.475 e. The molecule has 0 aromatic heterocycles. The number of quaternary nitrogens is 1. The first kappa shape index (κ1) is 5.92. The summed E-state index contributed by atoms with van der Waals surface area (Å²) in [5.41, 5.74) is 0. The largest absolute Gasteiger partial charge is 0.475 e. The number of aliphatic hydroxyl groups excluding tert-OH is 1. The van der Waals surface area contributed by atoms with Gasteiger partial charge in [-0.25, -0.2) is 0 Å². The monoisotopic (exact) mass is 89.1 g/mol. The number of rotatable bonds is 2. The van der Waals surface area contributed by atoms with Crippen molar-refractivity contribution in [2.75, 3.05) is 6.61 Å². The Bertz CT molecular complexity index is 26.7. The Labute approximate surface area is 38.2 Å². The van der Waals surface area contributed by atoms with Crippen LogP contribution in [0.2, 0.25) is 0 Å². The molecule has 0 aliphatic carbocycles. The summed E-state index contributed by atoms with van der Waals surface area (Å²) < 4.78 is 0. The maximum Gasteiger partial charge on any atom is 0.0925 e. The fraction of sp³-hybridized carbons (Fsp3) is 0.750. The van der Waals surface area contributed by atoms with Crippen molar-refractivity contribution in [2.45, 2.75) is 13.0 Å². The Hall–Kier alpha value is -0.0800. The molecule has 0 saturated carbocycles. The lowest BCUT2D eigenvalue weighted by Gasteiger charge is -2.04. The van der Waals surface area contributed by atoms with E-state index in [9.17, 15) is 0 Å². The van der Waals surface area contributed by atoms with Gasteiger partial charge in [0, 0.05) is 0 Å². The average molecular weight is 89.1 g/mol. The first-order valence-electron chi connectivity index (χ1n) is 2.04. The number of nitrogens with two attached hydrogens (primary N) is 1. The van der Waals surface area contributed by atoms with Crippen molar-refractivity contribution in [1.29, 1.82) is 0 Å². The van der Waals surface area contributed by atoms with Gasteiger partial charge in [0.05, 0.1) is 12.6 Å². The summed E-state index contributed by atoms with van der Waals surface area (Å²) in [7, 11) is 3.47. The SMILES string of the molecule is [CH2-][NH2+]C(C)CO. The molecular formula is C4H11NO. The molecule has 1 atom stereocenters. The minimum absolute atomic E-state index is 0.212. The second-order valence-corrected chi connectivity index (χ2v) is 1.40. The van der Waals surface area contributed by atoms with Crippen molar-refractivity contribution < 1.29 is 10.4 Å². The molecule has 6 heavy (non-hydrogen) atoms. The Morgan fingerprint density at radius 3 is 2.50 bits per heavy atom. The van der Waals surface area contributed by atoms with Gasteiger partial charge in [-0.05, 0) is 6.92 Å². The maximum atomic E-state index is 8.26. The van der Waals surface area contributed by atoms with Gasteiger partial charge >= 0.3 is 0 Å². The van der Waals surface area contributed by atoms with Gasteiger partial charge in [-0.15, -0.1) is 0 Å². The lowest BCUT2D eigenvalue weighted by Crippen LogP contribution is -2.83. The molecule has 0 amide bonds. The van der Waals surface area contributed by atoms with Gasteiger partial charge in [-0.1, -0.05) is 0 Å². The van der Waals surface area contributed by atoms with Crippen molar-refractivity contribution in [3.63, 3.8) is 0 Å². The molecule has 38 valence electrons. The summed E-state index contributed by atoms with van der Waals surface area (Å²) in [5.74, 6) is 0. The van der Waals surface area contributed by atoms with Crippen LogP contribution < -0.4 is 5.32 Å². The molecule has 0 aromatic rings. The quantitative estimate of drug-likeness (QED) is 0.406. The van der Waals surface area contributed by atoms with E-state index >= 15 is 0 Å². The molecule has 2 nitrogen and oxygen atoms in total. The molecule has 0 aliphatic rings. The molecule has 0 spiro atoms. The highest BCUT2D eigenvalue weighted by atomic mass is 16.3. The summed E-state index contributed by atoms with van der Waals surface area (Å²) >= 11 is 0. The van der Waals surface area contributed by atoms with E-state index < -0.39 is 0 Å². The summed E-state index contributed by atoms with van der Waals surface area (Å²) in [4.78, 5) is 0. The van der Waals surface area contributed by atoms with Gasteiger partial charge in [0.15, 0.2) is 0 Å². The fourth-order valence-corrected chi connectivity index (χ4v) is 0.0745. The highest BCUT2D eigenvalue weighted by Gasteiger charge is 1.89. The Morgan fingerprint density at radius 2 is 2.50 bits per heavy atom. The smallest absolute Gasteiger partial charge is 0.0925 e. The molecule has 3 N–H and O–H groups in total. The van der Waals surface area contributed by atoms with E-state index in [-0.39, 0.29) is 12.6 Å². The molecule has 0 radical (unpaired) electrons. The van der Waals surface area contributed by atoms with Crippen molar-refractivity contribution in [2.24, 2.45) is 0 Å². The molecule has 1 unspecified atom stereocenters. The van der Waals surface area contributed by atoms with Crippen LogP contribution in [0.15, 0.2) is 0 Å². The van der Waals surface area contributed by atoms with E-state index in [2.05, 4.69) is 7.05 Å². The van der Waals surface area contributed by atoms with E-state index in [1.54, 1.807) is 5.32 Å². The van der Waals surface area contributed by atoms with Crippen LogP contribution in [0.25, 0.3) is 0 Å². The zero-order valence-corrected chi connectivity index (χ0v) is 4.02. The number of hydrogen-bond donors (Lipinski definition) is 2. The van der Waals surface area contributed by atoms with Gasteiger partial charge in [-0.2, -0.15) is 7.05 Å². The predicted molar refractivity (Wildman–Crippen MR) is 23.8 cm³/mol. The molecule has 0 heterocycles. The van der Waals surface area contributed by atoms with Crippen molar-refractivity contribution in [3.05, 3.63) is 7.05 Å². The van der Waals surface area contributed by atoms with Crippen molar-refractivity contribution >= 4 is 0 Å². The van der Waals surface area contributed by atoms with Gasteiger partial charge < -0.3 is 10.4 Å². The maximum absolute atomic E-state index is 8.26. The highest BCUT2D eigenvalue weighted by Crippen LogP contribution is 1.61. The molecule has 2 heteroatoms. The summed E-state index contributed by atoms with van der Waals surface area (Å²) in [6.07, 6.45) is 0. The average Bonchev–Trinajstić information content (AvgIpc) is 1.65. The van der Waals surface area contributed by atoms with E-state index in [1.807, 2.05) is 6.92 Å². The second kappa shape index (κ2) is 3.12. The predicted octanol–water partition coefficient (Wildman–Crippen LogP) is -1.28. The van der Waals surface area contributed by atoms with Crippen LogP contribution in [0.4, 0.5) is 0 Å². The molecular weight excluding hydrogens is 78.0 g/mol. The first-order valence-corrected chi connectivity index (χ1v) is 2.04. The van der Waals surface area contributed by atoms with Crippen LogP contribution in [0.3, 0.4) is 0 Å². The summed E-state index contributed by atoms with van der Waals surface area (Å²) in [6, 6.07) is 0.255. The van der Waals surface area contributed by atoms with E-state index in [0.29, 0.717) is 0 Å². The van der Waals surface area contributed by atoms with E-state index in [1.165, 1.54) is 0 Å². The Kier molecular flexibility index (Phi) is 3.08. The van der Waals surface area contributed by atoms with Crippen LogP contribution in [-0.2, 0) is 0 Å². The van der Waals surface area contributed by atoms with Gasteiger partial charge in [-0.3, -0.25) is 0 Å². The van der Waals surface area contributed by atoms with Gasteiger partial charge in [0.1, 0.15) is 0 Å². The highest BCUT2D eigenvalue weighted by molar-refractivity contribution is 4.34. The summed E-state index contributed by atoms with van der Waals surface area (Å²) in [6.45, 7) is 2.12. The van der Waals surface area contributed by atoms with E-state index in [4.69, 9.17) is 5.11 Å². The van der Waals surface area contributed by atoms with Gasteiger partial charge in [0.25, 0.3) is 0 Å². The summed E-state index contributed by atoms with van der Waals surface area (Å²) in [5, 5.41) is 9.99. The minimum atomic E-state index is 0.212. The standard InChI is InChI=1S/C4H11NO/c1-4(3-6)5-2/h4,6H,2-3,5H2,1H3. The molecule has 0 fully saturated rings. The topological polar surface area (TPSA) is 36.8 Å². The zero-order chi connectivity index (χ0) is 4.99. The molecule has 0 rings (SSSR count). The lowest BCUT2D eigenvalue weighted by atomic mass is 10.4.